The Bertz CT molecular complexity index is 992. The largest absolute Gasteiger partial charge is 0.338 e. The molecule has 2 amide bonds. The number of carbonyl (C=O) groups is 2. The highest BCUT2D eigenvalue weighted by molar-refractivity contribution is 6.31. The fraction of sp³-hybridized carbons (Fsp3) is 0.440. The summed E-state index contributed by atoms with van der Waals surface area (Å²) >= 11 is 6.13. The molecule has 2 aromatic carbocycles. The summed E-state index contributed by atoms with van der Waals surface area (Å²) in [5, 5.41) is 3.59. The van der Waals surface area contributed by atoms with Crippen LogP contribution < -0.4 is 5.32 Å². The molecule has 2 aliphatic rings. The average Bonchev–Trinajstić information content (AvgIpc) is 3.30. The third-order valence-corrected chi connectivity index (χ3v) is 7.20. The molecule has 2 saturated heterocycles. The van der Waals surface area contributed by atoms with Crippen molar-refractivity contribution in [1.82, 2.24) is 9.80 Å². The van der Waals surface area contributed by atoms with E-state index in [1.807, 2.05) is 56.0 Å². The number of aryl methyl sites for hydroxylation is 2. The van der Waals surface area contributed by atoms with Gasteiger partial charge in [0.05, 0.1) is 0 Å². The van der Waals surface area contributed by atoms with Crippen molar-refractivity contribution < 1.29 is 9.59 Å². The number of anilines is 1. The Balaban J connectivity index is 1.26. The van der Waals surface area contributed by atoms with E-state index in [0.717, 1.165) is 60.7 Å². The van der Waals surface area contributed by atoms with Gasteiger partial charge in [0.1, 0.15) is 0 Å². The first-order chi connectivity index (χ1) is 14.8. The highest BCUT2D eigenvalue weighted by Crippen LogP contribution is 2.32. The van der Waals surface area contributed by atoms with Gasteiger partial charge in [-0.2, -0.15) is 0 Å². The molecule has 1 N–H and O–H groups in total. The standard InChI is InChI=1S/C25H30ClN3O2/c1-16-5-4-6-22(18(16)3)25(31)29-14-19-12-28(13-20(19)15-29)10-9-24(30)27-21-8-7-17(2)23(26)11-21/h4-8,11,19-20H,9-10,12-15H2,1-3H3,(H,27,30). The van der Waals surface area contributed by atoms with Gasteiger partial charge in [-0.05, 0) is 67.5 Å². The van der Waals surface area contributed by atoms with E-state index in [1.54, 1.807) is 6.07 Å². The molecule has 5 nitrogen and oxygen atoms in total. The number of halogens is 1. The first-order valence-corrected chi connectivity index (χ1v) is 11.3. The number of likely N-dealkylation sites (tertiary alicyclic amines) is 2. The third kappa shape index (κ3) is 4.78. The number of hydrogen-bond acceptors (Lipinski definition) is 3. The highest BCUT2D eigenvalue weighted by atomic mass is 35.5. The molecular formula is C25H30ClN3O2. The van der Waals surface area contributed by atoms with Gasteiger partial charge < -0.3 is 15.1 Å². The molecule has 0 aliphatic carbocycles. The summed E-state index contributed by atoms with van der Waals surface area (Å²) in [6.45, 7) is 10.3. The van der Waals surface area contributed by atoms with E-state index in [2.05, 4.69) is 10.2 Å². The lowest BCUT2D eigenvalue weighted by atomic mass is 10.0. The maximum Gasteiger partial charge on any atom is 0.254 e. The lowest BCUT2D eigenvalue weighted by molar-refractivity contribution is -0.116. The minimum absolute atomic E-state index is 0.00343. The molecule has 0 spiro atoms. The van der Waals surface area contributed by atoms with Crippen LogP contribution in [0.4, 0.5) is 5.69 Å². The van der Waals surface area contributed by atoms with Gasteiger partial charge in [0.25, 0.3) is 5.91 Å². The lowest BCUT2D eigenvalue weighted by Crippen LogP contribution is -2.34. The Labute approximate surface area is 189 Å². The minimum Gasteiger partial charge on any atom is -0.338 e. The Hall–Kier alpha value is -2.37. The quantitative estimate of drug-likeness (QED) is 0.755. The molecule has 0 bridgehead atoms. The molecule has 6 heteroatoms. The summed E-state index contributed by atoms with van der Waals surface area (Å²) in [7, 11) is 0. The van der Waals surface area contributed by atoms with Gasteiger partial charge in [-0.1, -0.05) is 29.8 Å². The Morgan fingerprint density at radius 2 is 1.71 bits per heavy atom. The van der Waals surface area contributed by atoms with Crippen LogP contribution >= 0.6 is 11.6 Å². The smallest absolute Gasteiger partial charge is 0.254 e. The molecule has 164 valence electrons. The maximum absolute atomic E-state index is 13.0. The number of hydrogen-bond donors (Lipinski definition) is 1. The van der Waals surface area contributed by atoms with Crippen molar-refractivity contribution in [2.45, 2.75) is 27.2 Å². The molecule has 2 heterocycles. The van der Waals surface area contributed by atoms with Gasteiger partial charge in [0.15, 0.2) is 0 Å². The number of benzene rings is 2. The van der Waals surface area contributed by atoms with Crippen molar-refractivity contribution in [3.05, 3.63) is 63.7 Å². The van der Waals surface area contributed by atoms with Crippen molar-refractivity contribution in [2.75, 3.05) is 38.0 Å². The van der Waals surface area contributed by atoms with Crippen LogP contribution in [-0.2, 0) is 4.79 Å². The first kappa shape index (κ1) is 21.8. The Morgan fingerprint density at radius 3 is 2.39 bits per heavy atom. The first-order valence-electron chi connectivity index (χ1n) is 11.0. The van der Waals surface area contributed by atoms with Gasteiger partial charge in [0, 0.05) is 55.4 Å². The molecular weight excluding hydrogens is 410 g/mol. The summed E-state index contributed by atoms with van der Waals surface area (Å²) < 4.78 is 0. The maximum atomic E-state index is 13.0. The molecule has 4 rings (SSSR count). The van der Waals surface area contributed by atoms with E-state index in [4.69, 9.17) is 11.6 Å². The van der Waals surface area contributed by atoms with Gasteiger partial charge >= 0.3 is 0 Å². The molecule has 2 aromatic rings. The van der Waals surface area contributed by atoms with Crippen LogP contribution in [0.3, 0.4) is 0 Å². The fourth-order valence-corrected chi connectivity index (χ4v) is 4.93. The zero-order valence-electron chi connectivity index (χ0n) is 18.5. The van der Waals surface area contributed by atoms with Crippen molar-refractivity contribution >= 4 is 29.1 Å². The van der Waals surface area contributed by atoms with E-state index < -0.39 is 0 Å². The SMILES string of the molecule is Cc1ccc(NC(=O)CCN2CC3CN(C(=O)c4cccc(C)c4C)CC3C2)cc1Cl. The molecule has 2 aliphatic heterocycles. The normalized spacial score (nSPS) is 20.7. The predicted molar refractivity (Wildman–Crippen MR) is 125 cm³/mol. The number of fused-ring (bicyclic) bond motifs is 1. The summed E-state index contributed by atoms with van der Waals surface area (Å²) in [6, 6.07) is 11.5. The second kappa shape index (κ2) is 9.01. The van der Waals surface area contributed by atoms with E-state index in [1.165, 1.54) is 0 Å². The van der Waals surface area contributed by atoms with Crippen LogP contribution in [0.5, 0.6) is 0 Å². The van der Waals surface area contributed by atoms with E-state index in [-0.39, 0.29) is 11.8 Å². The lowest BCUT2D eigenvalue weighted by Gasteiger charge is -2.22. The van der Waals surface area contributed by atoms with Crippen LogP contribution in [0, 0.1) is 32.6 Å². The zero-order chi connectivity index (χ0) is 22.1. The predicted octanol–water partition coefficient (Wildman–Crippen LogP) is 4.30. The number of amides is 2. The number of carbonyl (C=O) groups excluding carboxylic acids is 2. The monoisotopic (exact) mass is 439 g/mol. The van der Waals surface area contributed by atoms with Crippen molar-refractivity contribution in [3.63, 3.8) is 0 Å². The summed E-state index contributed by atoms with van der Waals surface area (Å²) in [5.41, 5.74) is 4.78. The highest BCUT2D eigenvalue weighted by Gasteiger charge is 2.41. The van der Waals surface area contributed by atoms with Crippen molar-refractivity contribution in [1.29, 1.82) is 0 Å². The molecule has 0 radical (unpaired) electrons. The van der Waals surface area contributed by atoms with Gasteiger partial charge in [0.2, 0.25) is 5.91 Å². The van der Waals surface area contributed by atoms with Crippen LogP contribution in [0.25, 0.3) is 0 Å². The number of nitrogens with zero attached hydrogens (tertiary/aromatic N) is 2. The van der Waals surface area contributed by atoms with Crippen molar-refractivity contribution in [2.24, 2.45) is 11.8 Å². The molecule has 2 unspecified atom stereocenters. The Kier molecular flexibility index (Phi) is 6.35. The van der Waals surface area contributed by atoms with E-state index in [9.17, 15) is 9.59 Å². The average molecular weight is 440 g/mol. The summed E-state index contributed by atoms with van der Waals surface area (Å²) in [4.78, 5) is 29.7. The topological polar surface area (TPSA) is 52.7 Å². The second-order valence-corrected chi connectivity index (χ2v) is 9.41. The van der Waals surface area contributed by atoms with Gasteiger partial charge in [-0.25, -0.2) is 0 Å². The summed E-state index contributed by atoms with van der Waals surface area (Å²) in [6.07, 6.45) is 0.454. The molecule has 31 heavy (non-hydrogen) atoms. The van der Waals surface area contributed by atoms with Gasteiger partial charge in [-0.3, -0.25) is 9.59 Å². The minimum atomic E-state index is 0.00343. The molecule has 2 fully saturated rings. The van der Waals surface area contributed by atoms with Crippen LogP contribution in [-0.4, -0.2) is 54.3 Å². The van der Waals surface area contributed by atoms with Crippen LogP contribution in [0.1, 0.15) is 33.5 Å². The van der Waals surface area contributed by atoms with Crippen LogP contribution in [0.15, 0.2) is 36.4 Å². The van der Waals surface area contributed by atoms with Crippen LogP contribution in [0.2, 0.25) is 5.02 Å². The van der Waals surface area contributed by atoms with Gasteiger partial charge in [-0.15, -0.1) is 0 Å². The summed E-state index contributed by atoms with van der Waals surface area (Å²) in [5.74, 6) is 1.14. The molecule has 0 saturated carbocycles. The Morgan fingerprint density at radius 1 is 1.00 bits per heavy atom. The number of nitrogens with one attached hydrogen (secondary N) is 1. The zero-order valence-corrected chi connectivity index (χ0v) is 19.2. The van der Waals surface area contributed by atoms with E-state index in [0.29, 0.717) is 23.3 Å². The molecule has 2 atom stereocenters. The second-order valence-electron chi connectivity index (χ2n) is 9.00. The molecule has 0 aromatic heterocycles. The van der Waals surface area contributed by atoms with E-state index >= 15 is 0 Å². The third-order valence-electron chi connectivity index (χ3n) is 6.79. The van der Waals surface area contributed by atoms with Crippen molar-refractivity contribution in [3.8, 4) is 0 Å². The fourth-order valence-electron chi connectivity index (χ4n) is 4.75. The number of rotatable bonds is 5.